The zero-order chi connectivity index (χ0) is 13.7. The van der Waals surface area contributed by atoms with Gasteiger partial charge < -0.3 is 15.4 Å². The minimum absolute atomic E-state index is 0.0866. The molecule has 2 rings (SSSR count). The molecule has 1 aliphatic rings. The van der Waals surface area contributed by atoms with E-state index in [1.54, 1.807) is 7.11 Å². The third kappa shape index (κ3) is 3.33. The first-order valence-corrected chi connectivity index (χ1v) is 6.84. The number of carbonyl (C=O) groups is 1. The molecule has 2 atom stereocenters. The molecule has 4 nitrogen and oxygen atoms in total. The SMILES string of the molecule is CCC(COC)NC(=O)C1CNCc2ccccc21. The second kappa shape index (κ2) is 6.68. The summed E-state index contributed by atoms with van der Waals surface area (Å²) in [5.41, 5.74) is 2.36. The van der Waals surface area contributed by atoms with E-state index in [0.717, 1.165) is 18.5 Å². The van der Waals surface area contributed by atoms with Gasteiger partial charge >= 0.3 is 0 Å². The first kappa shape index (κ1) is 14.0. The zero-order valence-corrected chi connectivity index (χ0v) is 11.6. The number of hydrogen-bond acceptors (Lipinski definition) is 3. The summed E-state index contributed by atoms with van der Waals surface area (Å²) in [5.74, 6) is -0.0144. The second-order valence-electron chi connectivity index (χ2n) is 4.95. The normalized spacial score (nSPS) is 19.6. The molecule has 0 radical (unpaired) electrons. The van der Waals surface area contributed by atoms with Crippen molar-refractivity contribution in [1.29, 1.82) is 0 Å². The number of hydrogen-bond donors (Lipinski definition) is 2. The van der Waals surface area contributed by atoms with Gasteiger partial charge in [0.2, 0.25) is 5.91 Å². The summed E-state index contributed by atoms with van der Waals surface area (Å²) in [7, 11) is 1.66. The van der Waals surface area contributed by atoms with Crippen LogP contribution >= 0.6 is 0 Å². The van der Waals surface area contributed by atoms with Crippen molar-refractivity contribution in [3.63, 3.8) is 0 Å². The van der Waals surface area contributed by atoms with Crippen molar-refractivity contribution in [2.24, 2.45) is 0 Å². The van der Waals surface area contributed by atoms with Crippen LogP contribution in [-0.2, 0) is 16.1 Å². The zero-order valence-electron chi connectivity index (χ0n) is 11.6. The Morgan fingerprint density at radius 2 is 2.32 bits per heavy atom. The van der Waals surface area contributed by atoms with Crippen molar-refractivity contribution < 1.29 is 9.53 Å². The van der Waals surface area contributed by atoms with Gasteiger partial charge in [0.1, 0.15) is 0 Å². The van der Waals surface area contributed by atoms with Crippen LogP contribution in [0.5, 0.6) is 0 Å². The molecule has 4 heteroatoms. The summed E-state index contributed by atoms with van der Waals surface area (Å²) in [6, 6.07) is 8.23. The van der Waals surface area contributed by atoms with E-state index in [0.29, 0.717) is 13.2 Å². The molecule has 19 heavy (non-hydrogen) atoms. The van der Waals surface area contributed by atoms with E-state index in [4.69, 9.17) is 4.74 Å². The van der Waals surface area contributed by atoms with Gasteiger partial charge in [0.25, 0.3) is 0 Å². The number of methoxy groups -OCH3 is 1. The third-order valence-corrected chi connectivity index (χ3v) is 3.62. The van der Waals surface area contributed by atoms with E-state index in [9.17, 15) is 4.79 Å². The molecule has 1 aromatic carbocycles. The van der Waals surface area contributed by atoms with Gasteiger partial charge in [0, 0.05) is 20.2 Å². The Kier molecular flexibility index (Phi) is 4.93. The molecule has 0 fully saturated rings. The number of fused-ring (bicyclic) bond motifs is 1. The van der Waals surface area contributed by atoms with Crippen molar-refractivity contribution in [3.05, 3.63) is 35.4 Å². The summed E-state index contributed by atoms with van der Waals surface area (Å²) in [5, 5.41) is 6.38. The van der Waals surface area contributed by atoms with Crippen LogP contribution in [0.4, 0.5) is 0 Å². The standard InChI is InChI=1S/C15H22N2O2/c1-3-12(10-19-2)17-15(18)14-9-16-8-11-6-4-5-7-13(11)14/h4-7,12,14,16H,3,8-10H2,1-2H3,(H,17,18). The lowest BCUT2D eigenvalue weighted by Crippen LogP contribution is -2.44. The molecule has 0 aromatic heterocycles. The lowest BCUT2D eigenvalue weighted by atomic mass is 9.90. The molecule has 0 bridgehead atoms. The van der Waals surface area contributed by atoms with Crippen molar-refractivity contribution >= 4 is 5.91 Å². The summed E-state index contributed by atoms with van der Waals surface area (Å²) in [6.45, 7) is 4.16. The fourth-order valence-corrected chi connectivity index (χ4v) is 2.49. The van der Waals surface area contributed by atoms with Gasteiger partial charge in [-0.3, -0.25) is 4.79 Å². The topological polar surface area (TPSA) is 50.4 Å². The van der Waals surface area contributed by atoms with E-state index in [1.807, 2.05) is 12.1 Å². The Balaban J connectivity index is 2.08. The number of nitrogens with one attached hydrogen (secondary N) is 2. The molecule has 0 saturated heterocycles. The molecule has 0 spiro atoms. The van der Waals surface area contributed by atoms with E-state index >= 15 is 0 Å². The van der Waals surface area contributed by atoms with Gasteiger partial charge in [-0.15, -0.1) is 0 Å². The van der Waals surface area contributed by atoms with Crippen LogP contribution in [0.3, 0.4) is 0 Å². The monoisotopic (exact) mass is 262 g/mol. The minimum atomic E-state index is -0.101. The largest absolute Gasteiger partial charge is 0.383 e. The highest BCUT2D eigenvalue weighted by Crippen LogP contribution is 2.24. The molecule has 1 aromatic rings. The van der Waals surface area contributed by atoms with Crippen molar-refractivity contribution in [2.75, 3.05) is 20.3 Å². The fraction of sp³-hybridized carbons (Fsp3) is 0.533. The summed E-state index contributed by atoms with van der Waals surface area (Å²) < 4.78 is 5.12. The minimum Gasteiger partial charge on any atom is -0.383 e. The highest BCUT2D eigenvalue weighted by atomic mass is 16.5. The van der Waals surface area contributed by atoms with Gasteiger partial charge in [-0.2, -0.15) is 0 Å². The average molecular weight is 262 g/mol. The molecule has 0 saturated carbocycles. The van der Waals surface area contributed by atoms with Gasteiger partial charge in [-0.05, 0) is 17.5 Å². The molecule has 2 N–H and O–H groups in total. The molecule has 104 valence electrons. The van der Waals surface area contributed by atoms with Crippen molar-refractivity contribution in [2.45, 2.75) is 31.8 Å². The lowest BCUT2D eigenvalue weighted by Gasteiger charge is -2.27. The van der Waals surface area contributed by atoms with Gasteiger partial charge in [-0.25, -0.2) is 0 Å². The summed E-state index contributed by atoms with van der Waals surface area (Å²) in [6.07, 6.45) is 0.876. The molecule has 0 aliphatic carbocycles. The van der Waals surface area contributed by atoms with Crippen LogP contribution in [0.25, 0.3) is 0 Å². The lowest BCUT2D eigenvalue weighted by molar-refractivity contribution is -0.123. The maximum Gasteiger partial charge on any atom is 0.229 e. The van der Waals surface area contributed by atoms with Crippen LogP contribution in [0.1, 0.15) is 30.4 Å². The van der Waals surface area contributed by atoms with Crippen LogP contribution in [0, 0.1) is 0 Å². The van der Waals surface area contributed by atoms with Crippen LogP contribution in [0.2, 0.25) is 0 Å². The van der Waals surface area contributed by atoms with E-state index in [1.165, 1.54) is 5.56 Å². The van der Waals surface area contributed by atoms with Gasteiger partial charge in [0.15, 0.2) is 0 Å². The second-order valence-corrected chi connectivity index (χ2v) is 4.95. The van der Waals surface area contributed by atoms with Crippen LogP contribution in [-0.4, -0.2) is 32.2 Å². The van der Waals surface area contributed by atoms with E-state index in [-0.39, 0.29) is 17.9 Å². The van der Waals surface area contributed by atoms with E-state index < -0.39 is 0 Å². The highest BCUT2D eigenvalue weighted by molar-refractivity contribution is 5.84. The van der Waals surface area contributed by atoms with Crippen LogP contribution in [0.15, 0.2) is 24.3 Å². The quantitative estimate of drug-likeness (QED) is 0.843. The Morgan fingerprint density at radius 1 is 1.53 bits per heavy atom. The van der Waals surface area contributed by atoms with Crippen molar-refractivity contribution in [3.8, 4) is 0 Å². The number of benzene rings is 1. The van der Waals surface area contributed by atoms with Gasteiger partial charge in [-0.1, -0.05) is 31.2 Å². The maximum absolute atomic E-state index is 12.4. The molecular weight excluding hydrogens is 240 g/mol. The van der Waals surface area contributed by atoms with Crippen LogP contribution < -0.4 is 10.6 Å². The first-order chi connectivity index (χ1) is 9.26. The predicted molar refractivity (Wildman–Crippen MR) is 75.0 cm³/mol. The molecule has 1 amide bonds. The highest BCUT2D eigenvalue weighted by Gasteiger charge is 2.27. The Morgan fingerprint density at radius 3 is 3.05 bits per heavy atom. The van der Waals surface area contributed by atoms with Gasteiger partial charge in [0.05, 0.1) is 18.6 Å². The molecule has 1 aliphatic heterocycles. The summed E-state index contributed by atoms with van der Waals surface area (Å²) >= 11 is 0. The Labute approximate surface area is 114 Å². The predicted octanol–water partition coefficient (Wildman–Crippen LogP) is 1.41. The Hall–Kier alpha value is -1.39. The van der Waals surface area contributed by atoms with Crippen molar-refractivity contribution in [1.82, 2.24) is 10.6 Å². The molecule has 1 heterocycles. The summed E-state index contributed by atoms with van der Waals surface area (Å²) in [4.78, 5) is 12.4. The third-order valence-electron chi connectivity index (χ3n) is 3.62. The average Bonchev–Trinajstić information content (AvgIpc) is 2.46. The first-order valence-electron chi connectivity index (χ1n) is 6.84. The number of ether oxygens (including phenoxy) is 1. The number of carbonyl (C=O) groups excluding carboxylic acids is 1. The fourth-order valence-electron chi connectivity index (χ4n) is 2.49. The Bertz CT molecular complexity index is 434. The number of amides is 1. The molecular formula is C15H22N2O2. The maximum atomic E-state index is 12.4. The van der Waals surface area contributed by atoms with E-state index in [2.05, 4.69) is 29.7 Å². The number of rotatable bonds is 5. The smallest absolute Gasteiger partial charge is 0.229 e. The molecule has 2 unspecified atom stereocenters.